The van der Waals surface area contributed by atoms with E-state index in [2.05, 4.69) is 74.5 Å². The van der Waals surface area contributed by atoms with Gasteiger partial charge in [0.15, 0.2) is 17.3 Å². The standard InChI is InChI=1S/C18H14O2.C15H16.C13H10O.C9H10O.C8H8O.2C6H6/c1-3-7-15(8-4-1)19-17-11-13-18(14-12-17)20-16-9-5-2-6-10-16;1-15(2,13-9-5-3-6-10-13)14-11-7-4-8-12-14;14-13(11-7-3-1-4-8-11)12-9-5-2-6-10-12;1-7-3-5-9(6-4-7)8(2)10;1-7(9)8-5-3-2-4-6-8;2*1-2-4-6-5-3-1/h1-14H;3-12H,1-2H3;1-10H;3-6H,1-2H3;2-6H,1H3;2*1-6H. The Hall–Kier alpha value is -9.97. The molecule has 0 aliphatic rings. The Bertz CT molecular complexity index is 3110. The lowest BCUT2D eigenvalue weighted by Crippen LogP contribution is -2.18. The summed E-state index contributed by atoms with van der Waals surface area (Å²) in [6, 6.07) is 108. The molecule has 11 aromatic carbocycles. The third kappa shape index (κ3) is 23.5. The van der Waals surface area contributed by atoms with Gasteiger partial charge in [-0.1, -0.05) is 305 Å². The molecule has 11 rings (SSSR count). The molecule has 0 fully saturated rings. The first-order valence-electron chi connectivity index (χ1n) is 26.4. The van der Waals surface area contributed by atoms with Crippen molar-refractivity contribution in [3.05, 3.63) is 373 Å². The minimum absolute atomic E-state index is 0.0752. The Labute approximate surface area is 474 Å². The summed E-state index contributed by atoms with van der Waals surface area (Å²) in [6.45, 7) is 9.67. The molecule has 0 radical (unpaired) electrons. The first-order chi connectivity index (χ1) is 39.0. The lowest BCUT2D eigenvalue weighted by atomic mass is 9.78. The predicted molar refractivity (Wildman–Crippen MR) is 331 cm³/mol. The van der Waals surface area contributed by atoms with Crippen molar-refractivity contribution in [3.63, 3.8) is 0 Å². The van der Waals surface area contributed by atoms with Gasteiger partial charge in [0.05, 0.1) is 0 Å². The smallest absolute Gasteiger partial charge is 0.193 e. The molecule has 0 unspecified atom stereocenters. The summed E-state index contributed by atoms with van der Waals surface area (Å²) in [7, 11) is 0. The SMILES string of the molecule is CC(=O)c1ccc(C)cc1.CC(=O)c1ccccc1.CC(C)(c1ccccc1)c1ccccc1.O=C(c1ccccc1)c1ccccc1.c1ccc(Oc2ccc(Oc3ccccc3)cc2)cc1.c1ccccc1.c1ccccc1. The second-order valence-electron chi connectivity index (χ2n) is 18.4. The predicted octanol–water partition coefficient (Wildman–Crippen LogP) is 19.7. The molecular weight excluding hydrogens is 981 g/mol. The minimum Gasteiger partial charge on any atom is -0.457 e. The van der Waals surface area contributed by atoms with E-state index in [0.29, 0.717) is 0 Å². The van der Waals surface area contributed by atoms with Crippen LogP contribution in [-0.4, -0.2) is 17.3 Å². The van der Waals surface area contributed by atoms with Crippen LogP contribution in [0.2, 0.25) is 0 Å². The summed E-state index contributed by atoms with van der Waals surface area (Å²) in [5.41, 5.74) is 7.01. The number of carbonyl (C=O) groups is 3. The second-order valence-corrected chi connectivity index (χ2v) is 18.4. The van der Waals surface area contributed by atoms with Crippen LogP contribution in [0.5, 0.6) is 23.0 Å². The lowest BCUT2D eigenvalue weighted by molar-refractivity contribution is 0.100. The highest BCUT2D eigenvalue weighted by Crippen LogP contribution is 2.31. The van der Waals surface area contributed by atoms with Crippen LogP contribution in [0.25, 0.3) is 0 Å². The first kappa shape index (κ1) is 60.9. The van der Waals surface area contributed by atoms with E-state index < -0.39 is 0 Å². The van der Waals surface area contributed by atoms with Gasteiger partial charge in [0.25, 0.3) is 0 Å². The van der Waals surface area contributed by atoms with Gasteiger partial charge in [-0.05, 0) is 80.4 Å². The molecule has 0 spiro atoms. The van der Waals surface area contributed by atoms with E-state index in [4.69, 9.17) is 9.47 Å². The number of rotatable bonds is 10. The molecule has 0 saturated carbocycles. The van der Waals surface area contributed by atoms with Gasteiger partial charge in [0.2, 0.25) is 0 Å². The summed E-state index contributed by atoms with van der Waals surface area (Å²) in [5, 5.41) is 0. The van der Waals surface area contributed by atoms with E-state index in [1.54, 1.807) is 13.8 Å². The molecule has 5 nitrogen and oxygen atoms in total. The number of para-hydroxylation sites is 2. The van der Waals surface area contributed by atoms with Gasteiger partial charge < -0.3 is 9.47 Å². The highest BCUT2D eigenvalue weighted by molar-refractivity contribution is 6.08. The topological polar surface area (TPSA) is 69.7 Å². The molecule has 0 amide bonds. The molecule has 80 heavy (non-hydrogen) atoms. The molecule has 400 valence electrons. The van der Waals surface area contributed by atoms with Crippen LogP contribution >= 0.6 is 0 Å². The third-order valence-corrected chi connectivity index (χ3v) is 11.8. The van der Waals surface area contributed by atoms with Crippen molar-refractivity contribution in [2.45, 2.75) is 40.0 Å². The number of ketones is 3. The van der Waals surface area contributed by atoms with E-state index >= 15 is 0 Å². The van der Waals surface area contributed by atoms with Crippen molar-refractivity contribution < 1.29 is 23.9 Å². The number of benzene rings is 11. The monoisotopic (exact) mass is 1050 g/mol. The highest BCUT2D eigenvalue weighted by atomic mass is 16.5. The number of Topliss-reactive ketones (excluding diaryl/α,β-unsaturated/α-hetero) is 2. The second kappa shape index (κ2) is 35.4. The van der Waals surface area contributed by atoms with E-state index in [1.807, 2.05) is 280 Å². The van der Waals surface area contributed by atoms with E-state index in [9.17, 15) is 14.4 Å². The summed E-state index contributed by atoms with van der Waals surface area (Å²) >= 11 is 0. The van der Waals surface area contributed by atoms with Crippen molar-refractivity contribution in [1.82, 2.24) is 0 Å². The van der Waals surface area contributed by atoms with Crippen LogP contribution in [0.1, 0.15) is 81.0 Å². The fourth-order valence-corrected chi connectivity index (χ4v) is 7.28. The number of ether oxygens (including phenoxy) is 2. The van der Waals surface area contributed by atoms with Crippen LogP contribution in [0.3, 0.4) is 0 Å². The third-order valence-electron chi connectivity index (χ3n) is 11.8. The number of hydrogen-bond acceptors (Lipinski definition) is 5. The Morgan fingerprint density at radius 2 is 0.475 bits per heavy atom. The maximum atomic E-state index is 11.8. The lowest BCUT2D eigenvalue weighted by Gasteiger charge is -2.25. The fraction of sp³-hybridized carbons (Fsp3) is 0.0800. The first-order valence-corrected chi connectivity index (χ1v) is 26.4. The molecule has 0 bridgehead atoms. The maximum Gasteiger partial charge on any atom is 0.193 e. The average Bonchev–Trinajstić information content (AvgIpc) is 3.53. The van der Waals surface area contributed by atoms with E-state index in [0.717, 1.165) is 45.3 Å². The van der Waals surface area contributed by atoms with Crippen molar-refractivity contribution in [1.29, 1.82) is 0 Å². The van der Waals surface area contributed by atoms with Crippen LogP contribution in [0.15, 0.2) is 334 Å². The molecule has 5 heteroatoms. The maximum absolute atomic E-state index is 11.8. The van der Waals surface area contributed by atoms with Gasteiger partial charge in [-0.15, -0.1) is 0 Å². The van der Waals surface area contributed by atoms with Crippen molar-refractivity contribution in [3.8, 4) is 23.0 Å². The molecule has 0 aliphatic carbocycles. The molecule has 11 aromatic rings. The van der Waals surface area contributed by atoms with Crippen LogP contribution in [0, 0.1) is 6.92 Å². The van der Waals surface area contributed by atoms with Crippen LogP contribution < -0.4 is 9.47 Å². The number of aryl methyl sites for hydroxylation is 1. The summed E-state index contributed by atoms with van der Waals surface area (Å²) in [5.74, 6) is 3.54. The normalized spacial score (nSPS) is 9.71. The zero-order valence-electron chi connectivity index (χ0n) is 46.3. The van der Waals surface area contributed by atoms with E-state index in [1.165, 1.54) is 16.7 Å². The van der Waals surface area contributed by atoms with Gasteiger partial charge in [0.1, 0.15) is 23.0 Å². The van der Waals surface area contributed by atoms with Crippen molar-refractivity contribution in [2.24, 2.45) is 0 Å². The molecule has 0 atom stereocenters. The largest absolute Gasteiger partial charge is 0.457 e. The molecule has 0 heterocycles. The number of carbonyl (C=O) groups excluding carboxylic acids is 3. The quantitative estimate of drug-likeness (QED) is 0.128. The molecular formula is C75H70O5. The fourth-order valence-electron chi connectivity index (χ4n) is 7.28. The zero-order valence-corrected chi connectivity index (χ0v) is 46.3. The van der Waals surface area contributed by atoms with Crippen LogP contribution in [-0.2, 0) is 5.41 Å². The highest BCUT2D eigenvalue weighted by Gasteiger charge is 2.22. The van der Waals surface area contributed by atoms with Crippen molar-refractivity contribution >= 4 is 17.3 Å². The van der Waals surface area contributed by atoms with Gasteiger partial charge in [0, 0.05) is 27.7 Å². The average molecular weight is 1050 g/mol. The molecule has 0 aromatic heterocycles. The van der Waals surface area contributed by atoms with Gasteiger partial charge in [-0.25, -0.2) is 0 Å². The Morgan fingerprint density at radius 3 is 0.738 bits per heavy atom. The van der Waals surface area contributed by atoms with Crippen molar-refractivity contribution in [2.75, 3.05) is 0 Å². The summed E-state index contributed by atoms with van der Waals surface area (Å²) in [4.78, 5) is 33.2. The zero-order chi connectivity index (χ0) is 56.9. The molecule has 0 aliphatic heterocycles. The minimum atomic E-state index is 0.0752. The summed E-state index contributed by atoms with van der Waals surface area (Å²) < 4.78 is 11.5. The molecule has 0 saturated heterocycles. The van der Waals surface area contributed by atoms with E-state index in [-0.39, 0.29) is 22.8 Å². The Morgan fingerprint density at radius 1 is 0.263 bits per heavy atom. The van der Waals surface area contributed by atoms with Gasteiger partial charge in [-0.2, -0.15) is 0 Å². The Balaban J connectivity index is 0.000000178. The van der Waals surface area contributed by atoms with Crippen LogP contribution in [0.4, 0.5) is 0 Å². The van der Waals surface area contributed by atoms with Gasteiger partial charge >= 0.3 is 0 Å². The summed E-state index contributed by atoms with van der Waals surface area (Å²) in [6.07, 6.45) is 0. The van der Waals surface area contributed by atoms with Gasteiger partial charge in [-0.3, -0.25) is 14.4 Å². The number of hydrogen-bond donors (Lipinski definition) is 0. The molecule has 0 N–H and O–H groups in total. The Kier molecular flexibility index (Phi) is 26.9.